The highest BCUT2D eigenvalue weighted by molar-refractivity contribution is 5.93. The van der Waals surface area contributed by atoms with E-state index in [-0.39, 0.29) is 18.3 Å². The quantitative estimate of drug-likeness (QED) is 0.804. The molecule has 0 spiro atoms. The summed E-state index contributed by atoms with van der Waals surface area (Å²) in [6.07, 6.45) is 3.09. The molecule has 110 valence electrons. The Hall–Kier alpha value is -3.02. The Balaban J connectivity index is 1.66. The smallest absolute Gasteiger partial charge is 0.251 e. The van der Waals surface area contributed by atoms with Gasteiger partial charge in [-0.25, -0.2) is 4.39 Å². The molecule has 0 bridgehead atoms. The van der Waals surface area contributed by atoms with Crippen LogP contribution in [0.4, 0.5) is 4.39 Å². The van der Waals surface area contributed by atoms with Crippen molar-refractivity contribution in [3.8, 4) is 11.3 Å². The van der Waals surface area contributed by atoms with Crippen molar-refractivity contribution in [2.45, 2.75) is 6.54 Å². The Morgan fingerprint density at radius 1 is 1.18 bits per heavy atom. The maximum Gasteiger partial charge on any atom is 0.251 e. The molecule has 0 atom stereocenters. The zero-order valence-electron chi connectivity index (χ0n) is 11.5. The van der Waals surface area contributed by atoms with E-state index in [1.165, 1.54) is 12.1 Å². The number of carbonyl (C=O) groups excluding carboxylic acids is 1. The fourth-order valence-electron chi connectivity index (χ4n) is 1.95. The SMILES string of the molecule is O=C(NCc1cc(-c2cccc(F)c2)no1)c1ccncc1. The van der Waals surface area contributed by atoms with Crippen LogP contribution in [0.15, 0.2) is 59.4 Å². The average Bonchev–Trinajstić information content (AvgIpc) is 3.02. The lowest BCUT2D eigenvalue weighted by Crippen LogP contribution is -2.22. The molecular formula is C16H12FN3O2. The number of halogens is 1. The number of nitrogens with zero attached hydrogens (tertiary/aromatic N) is 2. The van der Waals surface area contributed by atoms with E-state index in [1.54, 1.807) is 42.7 Å². The summed E-state index contributed by atoms with van der Waals surface area (Å²) in [5, 5.41) is 6.59. The van der Waals surface area contributed by atoms with Gasteiger partial charge in [0.25, 0.3) is 5.91 Å². The highest BCUT2D eigenvalue weighted by Crippen LogP contribution is 2.19. The standard InChI is InChI=1S/C16H12FN3O2/c17-13-3-1-2-12(8-13)15-9-14(22-20-15)10-19-16(21)11-4-6-18-7-5-11/h1-9H,10H2,(H,19,21). The van der Waals surface area contributed by atoms with Crippen molar-refractivity contribution in [2.24, 2.45) is 0 Å². The van der Waals surface area contributed by atoms with Crippen LogP contribution in [0.1, 0.15) is 16.1 Å². The number of rotatable bonds is 4. The minimum atomic E-state index is -0.340. The number of amides is 1. The fourth-order valence-corrected chi connectivity index (χ4v) is 1.95. The molecule has 0 saturated carbocycles. The number of aromatic nitrogens is 2. The summed E-state index contributed by atoms with van der Waals surface area (Å²) < 4.78 is 18.3. The lowest BCUT2D eigenvalue weighted by atomic mass is 10.1. The Kier molecular flexibility index (Phi) is 3.91. The molecule has 6 heteroatoms. The number of pyridine rings is 1. The molecule has 2 heterocycles. The second-order valence-electron chi connectivity index (χ2n) is 4.61. The van der Waals surface area contributed by atoms with Gasteiger partial charge in [-0.05, 0) is 24.3 Å². The monoisotopic (exact) mass is 297 g/mol. The minimum absolute atomic E-state index is 0.198. The van der Waals surface area contributed by atoms with Crippen LogP contribution < -0.4 is 5.32 Å². The molecule has 0 radical (unpaired) electrons. The van der Waals surface area contributed by atoms with Crippen LogP contribution in [0.5, 0.6) is 0 Å². The van der Waals surface area contributed by atoms with Crippen LogP contribution in [0.3, 0.4) is 0 Å². The number of hydrogen-bond donors (Lipinski definition) is 1. The van der Waals surface area contributed by atoms with E-state index in [0.29, 0.717) is 22.6 Å². The summed E-state index contributed by atoms with van der Waals surface area (Å²) in [4.78, 5) is 15.7. The second kappa shape index (κ2) is 6.17. The van der Waals surface area contributed by atoms with Crippen molar-refractivity contribution >= 4 is 5.91 Å². The summed E-state index contributed by atoms with van der Waals surface area (Å²) in [7, 11) is 0. The zero-order valence-corrected chi connectivity index (χ0v) is 11.5. The second-order valence-corrected chi connectivity index (χ2v) is 4.61. The molecule has 1 amide bonds. The third-order valence-corrected chi connectivity index (χ3v) is 3.05. The molecule has 0 fully saturated rings. The molecule has 1 aromatic carbocycles. The van der Waals surface area contributed by atoms with Crippen LogP contribution in [-0.2, 0) is 6.54 Å². The van der Waals surface area contributed by atoms with Gasteiger partial charge in [-0.1, -0.05) is 17.3 Å². The van der Waals surface area contributed by atoms with Crippen molar-refractivity contribution in [3.05, 3.63) is 72.0 Å². The molecular weight excluding hydrogens is 285 g/mol. The molecule has 0 unspecified atom stereocenters. The number of nitrogens with one attached hydrogen (secondary N) is 1. The van der Waals surface area contributed by atoms with Gasteiger partial charge in [-0.2, -0.15) is 0 Å². The van der Waals surface area contributed by atoms with Gasteiger partial charge in [0.2, 0.25) is 0 Å². The molecule has 22 heavy (non-hydrogen) atoms. The topological polar surface area (TPSA) is 68.0 Å². The van der Waals surface area contributed by atoms with Crippen LogP contribution in [-0.4, -0.2) is 16.0 Å². The highest BCUT2D eigenvalue weighted by atomic mass is 19.1. The van der Waals surface area contributed by atoms with E-state index in [0.717, 1.165) is 0 Å². The van der Waals surface area contributed by atoms with Crippen molar-refractivity contribution < 1.29 is 13.7 Å². The summed E-state index contributed by atoms with van der Waals surface area (Å²) in [5.41, 5.74) is 1.66. The van der Waals surface area contributed by atoms with Crippen molar-refractivity contribution in [1.29, 1.82) is 0 Å². The third-order valence-electron chi connectivity index (χ3n) is 3.05. The lowest BCUT2D eigenvalue weighted by molar-refractivity contribution is 0.0947. The van der Waals surface area contributed by atoms with E-state index in [2.05, 4.69) is 15.5 Å². The molecule has 3 aromatic rings. The van der Waals surface area contributed by atoms with Crippen molar-refractivity contribution in [1.82, 2.24) is 15.5 Å². The average molecular weight is 297 g/mol. The molecule has 1 N–H and O–H groups in total. The molecule has 0 aliphatic rings. The first-order chi connectivity index (χ1) is 10.7. The maximum absolute atomic E-state index is 13.2. The first-order valence-electron chi connectivity index (χ1n) is 6.62. The maximum atomic E-state index is 13.2. The normalized spacial score (nSPS) is 10.4. The molecule has 0 aliphatic carbocycles. The lowest BCUT2D eigenvalue weighted by Gasteiger charge is -2.01. The number of benzene rings is 1. The van der Waals surface area contributed by atoms with Gasteiger partial charge in [0.15, 0.2) is 5.76 Å². The van der Waals surface area contributed by atoms with E-state index in [9.17, 15) is 9.18 Å². The van der Waals surface area contributed by atoms with E-state index in [4.69, 9.17) is 4.52 Å². The van der Waals surface area contributed by atoms with Crippen molar-refractivity contribution in [2.75, 3.05) is 0 Å². The van der Waals surface area contributed by atoms with E-state index in [1.807, 2.05) is 0 Å². The predicted octanol–water partition coefficient (Wildman–Crippen LogP) is 2.81. The summed E-state index contributed by atoms with van der Waals surface area (Å²) in [6.45, 7) is 0.198. The van der Waals surface area contributed by atoms with Gasteiger partial charge in [0.05, 0.1) is 6.54 Å². The van der Waals surface area contributed by atoms with Gasteiger partial charge < -0.3 is 9.84 Å². The predicted molar refractivity (Wildman–Crippen MR) is 77.3 cm³/mol. The summed E-state index contributed by atoms with van der Waals surface area (Å²) in [6, 6.07) is 11.0. The number of hydrogen-bond acceptors (Lipinski definition) is 4. The first kappa shape index (κ1) is 13.9. The zero-order chi connectivity index (χ0) is 15.4. The van der Waals surface area contributed by atoms with Crippen LogP contribution in [0, 0.1) is 5.82 Å². The van der Waals surface area contributed by atoms with Gasteiger partial charge in [0.1, 0.15) is 11.5 Å². The van der Waals surface area contributed by atoms with Crippen LogP contribution >= 0.6 is 0 Å². The van der Waals surface area contributed by atoms with Crippen molar-refractivity contribution in [3.63, 3.8) is 0 Å². The Morgan fingerprint density at radius 3 is 2.77 bits per heavy atom. The fraction of sp³-hybridized carbons (Fsp3) is 0.0625. The van der Waals surface area contributed by atoms with Gasteiger partial charge >= 0.3 is 0 Å². The molecule has 3 rings (SSSR count). The summed E-state index contributed by atoms with van der Waals surface area (Å²) in [5.74, 6) is -0.0826. The van der Waals surface area contributed by atoms with Gasteiger partial charge in [-0.3, -0.25) is 9.78 Å². The van der Waals surface area contributed by atoms with Gasteiger partial charge in [0, 0.05) is 29.6 Å². The Labute approximate surface area is 125 Å². The van der Waals surface area contributed by atoms with Crippen LogP contribution in [0.25, 0.3) is 11.3 Å². The largest absolute Gasteiger partial charge is 0.359 e. The Morgan fingerprint density at radius 2 is 2.00 bits per heavy atom. The molecule has 0 aliphatic heterocycles. The number of carbonyl (C=O) groups is 1. The molecule has 5 nitrogen and oxygen atoms in total. The highest BCUT2D eigenvalue weighted by Gasteiger charge is 2.09. The third kappa shape index (κ3) is 3.17. The molecule has 2 aromatic heterocycles. The minimum Gasteiger partial charge on any atom is -0.359 e. The van der Waals surface area contributed by atoms with E-state index >= 15 is 0 Å². The Bertz CT molecular complexity index is 787. The van der Waals surface area contributed by atoms with E-state index < -0.39 is 0 Å². The van der Waals surface area contributed by atoms with Crippen LogP contribution in [0.2, 0.25) is 0 Å². The van der Waals surface area contributed by atoms with Gasteiger partial charge in [-0.15, -0.1) is 0 Å². The first-order valence-corrected chi connectivity index (χ1v) is 6.62. The molecule has 0 saturated heterocycles. The summed E-state index contributed by atoms with van der Waals surface area (Å²) >= 11 is 0.